The monoisotopic (exact) mass is 348 g/mol. The molecular formula is C13H18F2N4O3S. The summed E-state index contributed by atoms with van der Waals surface area (Å²) in [4.78, 5) is 15.2. The minimum atomic E-state index is -3.77. The number of nitrogens with zero attached hydrogens (tertiary/aromatic N) is 2. The maximum Gasteiger partial charge on any atom is 0.321 e. The number of rotatable bonds is 4. The number of sulfonamides is 1. The number of primary sulfonamides is 1. The van der Waals surface area contributed by atoms with Crippen molar-refractivity contribution in [2.75, 3.05) is 38.0 Å². The first-order valence-electron chi connectivity index (χ1n) is 6.95. The van der Waals surface area contributed by atoms with Crippen LogP contribution in [0.1, 0.15) is 0 Å². The summed E-state index contributed by atoms with van der Waals surface area (Å²) in [5.41, 5.74) is 0.428. The van der Waals surface area contributed by atoms with Crippen LogP contribution < -0.4 is 10.5 Å². The number of nitrogens with two attached hydrogens (primary N) is 1. The Kier molecular flexibility index (Phi) is 5.50. The van der Waals surface area contributed by atoms with Gasteiger partial charge in [0.05, 0.1) is 11.4 Å². The van der Waals surface area contributed by atoms with Crippen molar-refractivity contribution in [3.63, 3.8) is 0 Å². The number of hydrogen-bond acceptors (Lipinski definition) is 4. The molecule has 1 heterocycles. The Hall–Kier alpha value is -1.78. The van der Waals surface area contributed by atoms with Crippen molar-refractivity contribution in [3.05, 3.63) is 24.3 Å². The van der Waals surface area contributed by atoms with Crippen molar-refractivity contribution >= 4 is 21.7 Å². The lowest BCUT2D eigenvalue weighted by Gasteiger charge is -2.34. The lowest BCUT2D eigenvalue weighted by Crippen LogP contribution is -2.50. The molecule has 0 saturated carbocycles. The molecule has 2 rings (SSSR count). The van der Waals surface area contributed by atoms with Gasteiger partial charge in [-0.1, -0.05) is 0 Å². The van der Waals surface area contributed by atoms with Gasteiger partial charge in [0, 0.05) is 31.9 Å². The van der Waals surface area contributed by atoms with Gasteiger partial charge in [-0.2, -0.15) is 0 Å². The van der Waals surface area contributed by atoms with E-state index in [1.54, 1.807) is 4.90 Å². The summed E-state index contributed by atoms with van der Waals surface area (Å²) in [6.45, 7) is 1.20. The van der Waals surface area contributed by atoms with Crippen LogP contribution in [0.15, 0.2) is 29.2 Å². The summed E-state index contributed by atoms with van der Waals surface area (Å²) in [5, 5.41) is 7.62. The van der Waals surface area contributed by atoms with Crippen LogP contribution in [0.2, 0.25) is 0 Å². The normalized spacial score (nSPS) is 16.6. The van der Waals surface area contributed by atoms with Crippen molar-refractivity contribution in [2.24, 2.45) is 5.14 Å². The smallest absolute Gasteiger partial charge is 0.321 e. The third-order valence-corrected chi connectivity index (χ3v) is 4.42. The second-order valence-corrected chi connectivity index (χ2v) is 6.74. The van der Waals surface area contributed by atoms with Gasteiger partial charge in [-0.25, -0.2) is 27.1 Å². The highest BCUT2D eigenvalue weighted by atomic mass is 32.2. The van der Waals surface area contributed by atoms with Gasteiger partial charge in [-0.3, -0.25) is 4.90 Å². The van der Waals surface area contributed by atoms with Gasteiger partial charge in [-0.15, -0.1) is 0 Å². The third kappa shape index (κ3) is 5.12. The van der Waals surface area contributed by atoms with E-state index in [2.05, 4.69) is 5.32 Å². The molecule has 10 heteroatoms. The quantitative estimate of drug-likeness (QED) is 0.839. The number of anilines is 1. The molecule has 1 aliphatic heterocycles. The lowest BCUT2D eigenvalue weighted by atomic mass is 10.3. The molecule has 1 saturated heterocycles. The molecule has 0 bridgehead atoms. The predicted octanol–water partition coefficient (Wildman–Crippen LogP) is 0.749. The molecule has 0 radical (unpaired) electrons. The van der Waals surface area contributed by atoms with E-state index in [1.165, 1.54) is 29.2 Å². The molecule has 0 atom stereocenters. The van der Waals surface area contributed by atoms with E-state index < -0.39 is 16.4 Å². The van der Waals surface area contributed by atoms with Gasteiger partial charge in [0.15, 0.2) is 0 Å². The van der Waals surface area contributed by atoms with E-state index in [0.717, 1.165) is 0 Å². The average molecular weight is 348 g/mol. The third-order valence-electron chi connectivity index (χ3n) is 3.49. The SMILES string of the molecule is NS(=O)(=O)c1ccc(NC(=O)N2CCN(CC(F)F)CC2)cc1. The molecule has 0 aliphatic carbocycles. The molecule has 3 N–H and O–H groups in total. The van der Waals surface area contributed by atoms with E-state index >= 15 is 0 Å². The van der Waals surface area contributed by atoms with Gasteiger partial charge >= 0.3 is 6.03 Å². The van der Waals surface area contributed by atoms with Crippen LogP contribution in [0, 0.1) is 0 Å². The van der Waals surface area contributed by atoms with Crippen LogP contribution >= 0.6 is 0 Å². The van der Waals surface area contributed by atoms with Gasteiger partial charge in [0.2, 0.25) is 10.0 Å². The number of alkyl halides is 2. The van der Waals surface area contributed by atoms with Crippen molar-refractivity contribution in [1.29, 1.82) is 0 Å². The van der Waals surface area contributed by atoms with E-state index in [1.807, 2.05) is 0 Å². The molecule has 0 spiro atoms. The van der Waals surface area contributed by atoms with Crippen LogP contribution in [0.5, 0.6) is 0 Å². The molecule has 1 fully saturated rings. The number of amides is 2. The summed E-state index contributed by atoms with van der Waals surface area (Å²) in [6, 6.07) is 5.11. The molecule has 1 aromatic rings. The average Bonchev–Trinajstić information content (AvgIpc) is 2.47. The van der Waals surface area contributed by atoms with Gasteiger partial charge < -0.3 is 10.2 Å². The minimum absolute atomic E-state index is 0.0453. The molecule has 0 aromatic heterocycles. The van der Waals surface area contributed by atoms with Gasteiger partial charge in [0.1, 0.15) is 0 Å². The fourth-order valence-electron chi connectivity index (χ4n) is 2.26. The number of carbonyl (C=O) groups excluding carboxylic acids is 1. The summed E-state index contributed by atoms with van der Waals surface area (Å²) in [6.07, 6.45) is -2.38. The molecule has 23 heavy (non-hydrogen) atoms. The Bertz CT molecular complexity index is 644. The number of benzene rings is 1. The van der Waals surface area contributed by atoms with E-state index in [-0.39, 0.29) is 17.5 Å². The summed E-state index contributed by atoms with van der Waals surface area (Å²) < 4.78 is 46.9. The number of hydrogen-bond donors (Lipinski definition) is 2. The number of nitrogens with one attached hydrogen (secondary N) is 1. The number of carbonyl (C=O) groups is 1. The van der Waals surface area contributed by atoms with Gasteiger partial charge in [0.25, 0.3) is 6.43 Å². The summed E-state index contributed by atoms with van der Waals surface area (Å²) in [5.74, 6) is 0. The Morgan fingerprint density at radius 1 is 1.17 bits per heavy atom. The standard InChI is InChI=1S/C13H18F2N4O3S/c14-12(15)9-18-5-7-19(8-6-18)13(20)17-10-1-3-11(4-2-10)23(16,21)22/h1-4,12H,5-9H2,(H,17,20)(H2,16,21,22). The Morgan fingerprint density at radius 2 is 1.74 bits per heavy atom. The topological polar surface area (TPSA) is 95.7 Å². The molecule has 2 amide bonds. The number of urea groups is 1. The molecule has 7 nitrogen and oxygen atoms in total. The molecule has 128 valence electrons. The first-order valence-corrected chi connectivity index (χ1v) is 8.49. The van der Waals surface area contributed by atoms with E-state index in [0.29, 0.717) is 31.9 Å². The second-order valence-electron chi connectivity index (χ2n) is 5.18. The Balaban J connectivity index is 1.88. The highest BCUT2D eigenvalue weighted by Gasteiger charge is 2.22. The zero-order valence-electron chi connectivity index (χ0n) is 12.3. The highest BCUT2D eigenvalue weighted by Crippen LogP contribution is 2.14. The second kappa shape index (κ2) is 7.20. The lowest BCUT2D eigenvalue weighted by molar-refractivity contribution is 0.0651. The van der Waals surface area contributed by atoms with Crippen LogP contribution in [-0.2, 0) is 10.0 Å². The van der Waals surface area contributed by atoms with Crippen molar-refractivity contribution < 1.29 is 22.0 Å². The first-order chi connectivity index (χ1) is 10.8. The summed E-state index contributed by atoms with van der Waals surface area (Å²) in [7, 11) is -3.77. The van der Waals surface area contributed by atoms with E-state index in [4.69, 9.17) is 5.14 Å². The Morgan fingerprint density at radius 3 is 2.22 bits per heavy atom. The minimum Gasteiger partial charge on any atom is -0.322 e. The zero-order chi connectivity index (χ0) is 17.0. The first kappa shape index (κ1) is 17.6. The fraction of sp³-hybridized carbons (Fsp3) is 0.462. The summed E-state index contributed by atoms with van der Waals surface area (Å²) >= 11 is 0. The van der Waals surface area contributed by atoms with Crippen LogP contribution in [0.25, 0.3) is 0 Å². The predicted molar refractivity (Wildman–Crippen MR) is 80.9 cm³/mol. The van der Waals surface area contributed by atoms with Crippen LogP contribution in [0.4, 0.5) is 19.3 Å². The van der Waals surface area contributed by atoms with Crippen molar-refractivity contribution in [2.45, 2.75) is 11.3 Å². The zero-order valence-corrected chi connectivity index (χ0v) is 13.1. The van der Waals surface area contributed by atoms with Gasteiger partial charge in [-0.05, 0) is 24.3 Å². The fourth-order valence-corrected chi connectivity index (χ4v) is 2.77. The highest BCUT2D eigenvalue weighted by molar-refractivity contribution is 7.89. The molecular weight excluding hydrogens is 330 g/mol. The number of halogens is 2. The van der Waals surface area contributed by atoms with Crippen molar-refractivity contribution in [3.8, 4) is 0 Å². The largest absolute Gasteiger partial charge is 0.322 e. The maximum absolute atomic E-state index is 12.3. The maximum atomic E-state index is 12.3. The van der Waals surface area contributed by atoms with Crippen LogP contribution in [0.3, 0.4) is 0 Å². The Labute approximate surface area is 133 Å². The van der Waals surface area contributed by atoms with Crippen molar-refractivity contribution in [1.82, 2.24) is 9.80 Å². The molecule has 1 aliphatic rings. The number of piperazine rings is 1. The molecule has 1 aromatic carbocycles. The van der Waals surface area contributed by atoms with Crippen LogP contribution in [-0.4, -0.2) is 63.4 Å². The molecule has 0 unspecified atom stereocenters. The van der Waals surface area contributed by atoms with E-state index in [9.17, 15) is 22.0 Å².